The Labute approximate surface area is 98.6 Å². The minimum atomic E-state index is -0.0531. The first-order valence-electron chi connectivity index (χ1n) is 6.06. The second kappa shape index (κ2) is 2.96. The summed E-state index contributed by atoms with van der Waals surface area (Å²) >= 11 is 1.69. The summed E-state index contributed by atoms with van der Waals surface area (Å²) in [5, 5.41) is 4.21. The first-order valence-corrected chi connectivity index (χ1v) is 7.01. The van der Waals surface area contributed by atoms with E-state index in [1.165, 1.54) is 24.8 Å². The van der Waals surface area contributed by atoms with Crippen LogP contribution in [0.5, 0.6) is 0 Å². The van der Waals surface area contributed by atoms with Crippen molar-refractivity contribution in [3.05, 3.63) is 22.4 Å². The summed E-state index contributed by atoms with van der Waals surface area (Å²) in [7, 11) is 0. The van der Waals surface area contributed by atoms with Gasteiger partial charge in [0.05, 0.1) is 5.92 Å². The van der Waals surface area contributed by atoms with Gasteiger partial charge in [0, 0.05) is 5.92 Å². The van der Waals surface area contributed by atoms with Crippen molar-refractivity contribution in [2.24, 2.45) is 5.92 Å². The number of ketones is 1. The van der Waals surface area contributed by atoms with Gasteiger partial charge < -0.3 is 4.74 Å². The molecule has 0 bridgehead atoms. The molecule has 1 saturated heterocycles. The van der Waals surface area contributed by atoms with Gasteiger partial charge in [-0.2, -0.15) is 11.3 Å². The first-order chi connectivity index (χ1) is 7.83. The predicted octanol–water partition coefficient (Wildman–Crippen LogP) is 2.74. The van der Waals surface area contributed by atoms with E-state index in [2.05, 4.69) is 16.8 Å². The van der Waals surface area contributed by atoms with Crippen LogP contribution in [0.15, 0.2) is 16.8 Å². The molecule has 4 rings (SSSR count). The Morgan fingerprint density at radius 3 is 3.19 bits per heavy atom. The molecule has 1 aromatic heterocycles. The Bertz CT molecular complexity index is 439. The Morgan fingerprint density at radius 1 is 1.44 bits per heavy atom. The predicted molar refractivity (Wildman–Crippen MR) is 61.6 cm³/mol. The lowest BCUT2D eigenvalue weighted by Gasteiger charge is -2.29. The van der Waals surface area contributed by atoms with Gasteiger partial charge in [-0.25, -0.2) is 0 Å². The van der Waals surface area contributed by atoms with Crippen LogP contribution in [0.1, 0.15) is 37.2 Å². The molecule has 1 aromatic rings. The van der Waals surface area contributed by atoms with Crippen molar-refractivity contribution in [1.82, 2.24) is 0 Å². The lowest BCUT2D eigenvalue weighted by Crippen LogP contribution is -2.29. The monoisotopic (exact) mass is 234 g/mol. The number of Topliss-reactive ketones (excluding diaryl/α,β-unsaturated/α-hetero) is 1. The largest absolute Gasteiger partial charge is 0.357 e. The highest BCUT2D eigenvalue weighted by Gasteiger charge is 2.73. The van der Waals surface area contributed by atoms with E-state index in [-0.39, 0.29) is 17.6 Å². The molecule has 2 aliphatic carbocycles. The van der Waals surface area contributed by atoms with Crippen molar-refractivity contribution in [2.45, 2.75) is 43.3 Å². The van der Waals surface area contributed by atoms with Crippen LogP contribution < -0.4 is 0 Å². The van der Waals surface area contributed by atoms with Crippen LogP contribution >= 0.6 is 11.3 Å². The second-order valence-electron chi connectivity index (χ2n) is 5.24. The average molecular weight is 234 g/mol. The third-order valence-corrected chi connectivity index (χ3v) is 5.26. The average Bonchev–Trinajstić information content (AvgIpc) is 2.72. The quantitative estimate of drug-likeness (QED) is 0.699. The van der Waals surface area contributed by atoms with E-state index in [1.807, 2.05) is 0 Å². The smallest absolute Gasteiger partial charge is 0.172 e. The molecule has 2 nitrogen and oxygen atoms in total. The van der Waals surface area contributed by atoms with Gasteiger partial charge in [0.25, 0.3) is 0 Å². The fourth-order valence-electron chi connectivity index (χ4n) is 3.81. The lowest BCUT2D eigenvalue weighted by atomic mass is 9.75. The van der Waals surface area contributed by atoms with Crippen LogP contribution in [-0.2, 0) is 9.53 Å². The molecule has 84 valence electrons. The summed E-state index contributed by atoms with van der Waals surface area (Å²) in [6, 6.07) is 2.11. The molecule has 2 saturated carbocycles. The van der Waals surface area contributed by atoms with Gasteiger partial charge >= 0.3 is 0 Å². The van der Waals surface area contributed by atoms with E-state index < -0.39 is 0 Å². The summed E-state index contributed by atoms with van der Waals surface area (Å²) in [6.07, 6.45) is 4.72. The summed E-state index contributed by atoms with van der Waals surface area (Å²) in [4.78, 5) is 12.3. The van der Waals surface area contributed by atoms with Crippen LogP contribution in [-0.4, -0.2) is 17.5 Å². The van der Waals surface area contributed by atoms with Crippen molar-refractivity contribution in [3.63, 3.8) is 0 Å². The SMILES string of the molecule is O=C1[C@H]2O[C@]23CCCC[C@H]3[C@@H]1c1ccsc1. The Balaban J connectivity index is 1.76. The number of ether oxygens (including phenoxy) is 1. The van der Waals surface area contributed by atoms with E-state index in [0.717, 1.165) is 6.42 Å². The number of hydrogen-bond donors (Lipinski definition) is 0. The first kappa shape index (κ1) is 9.37. The Kier molecular flexibility index (Phi) is 1.73. The van der Waals surface area contributed by atoms with Gasteiger partial charge in [-0.3, -0.25) is 4.79 Å². The molecule has 3 fully saturated rings. The zero-order chi connectivity index (χ0) is 10.8. The van der Waals surface area contributed by atoms with Gasteiger partial charge in [0.15, 0.2) is 5.78 Å². The van der Waals surface area contributed by atoms with E-state index in [0.29, 0.717) is 11.7 Å². The van der Waals surface area contributed by atoms with Crippen molar-refractivity contribution in [1.29, 1.82) is 0 Å². The molecule has 2 heterocycles. The molecule has 0 amide bonds. The van der Waals surface area contributed by atoms with Crippen LogP contribution in [0.2, 0.25) is 0 Å². The van der Waals surface area contributed by atoms with Crippen LogP contribution in [0.4, 0.5) is 0 Å². The maximum absolute atomic E-state index is 12.3. The fraction of sp³-hybridized carbons (Fsp3) is 0.615. The van der Waals surface area contributed by atoms with Crippen molar-refractivity contribution < 1.29 is 9.53 Å². The number of carbonyl (C=O) groups excluding carboxylic acids is 1. The van der Waals surface area contributed by atoms with Crippen molar-refractivity contribution in [2.75, 3.05) is 0 Å². The lowest BCUT2D eigenvalue weighted by molar-refractivity contribution is -0.122. The normalized spacial score (nSPS) is 45.2. The molecule has 0 aromatic carbocycles. The molecule has 1 spiro atoms. The topological polar surface area (TPSA) is 29.6 Å². The Morgan fingerprint density at radius 2 is 2.38 bits per heavy atom. The molecular formula is C13H14O2S. The molecule has 3 aliphatic rings. The maximum Gasteiger partial charge on any atom is 0.172 e. The summed E-state index contributed by atoms with van der Waals surface area (Å²) in [6.45, 7) is 0. The molecule has 1 aliphatic heterocycles. The zero-order valence-corrected chi connectivity index (χ0v) is 9.83. The highest BCUT2D eigenvalue weighted by Crippen LogP contribution is 2.63. The molecule has 16 heavy (non-hydrogen) atoms. The fourth-order valence-corrected chi connectivity index (χ4v) is 4.51. The standard InChI is InChI=1S/C13H14O2S/c14-11-10(8-4-6-16-7-8)9-3-1-2-5-13(9)12(11)15-13/h4,6-7,9-10,12H,1-3,5H2/t9-,10-,12+,13-/m0/s1. The van der Waals surface area contributed by atoms with E-state index >= 15 is 0 Å². The summed E-state index contributed by atoms with van der Waals surface area (Å²) in [5.74, 6) is 0.962. The molecule has 0 unspecified atom stereocenters. The van der Waals surface area contributed by atoms with Gasteiger partial charge in [-0.15, -0.1) is 0 Å². The molecule has 3 heteroatoms. The number of hydrogen-bond acceptors (Lipinski definition) is 3. The third-order valence-electron chi connectivity index (χ3n) is 4.55. The van der Waals surface area contributed by atoms with Gasteiger partial charge in [0.2, 0.25) is 0 Å². The summed E-state index contributed by atoms with van der Waals surface area (Å²) in [5.41, 5.74) is 1.21. The Hall–Kier alpha value is -0.670. The number of rotatable bonds is 1. The van der Waals surface area contributed by atoms with E-state index in [4.69, 9.17) is 4.74 Å². The number of thiophene rings is 1. The van der Waals surface area contributed by atoms with E-state index in [9.17, 15) is 4.79 Å². The minimum absolute atomic E-state index is 0.0259. The van der Waals surface area contributed by atoms with Crippen LogP contribution in [0.25, 0.3) is 0 Å². The molecule has 0 radical (unpaired) electrons. The highest BCUT2D eigenvalue weighted by molar-refractivity contribution is 7.08. The summed E-state index contributed by atoms with van der Waals surface area (Å²) < 4.78 is 5.74. The highest BCUT2D eigenvalue weighted by atomic mass is 32.1. The van der Waals surface area contributed by atoms with Gasteiger partial charge in [-0.05, 0) is 35.2 Å². The number of carbonyl (C=O) groups is 1. The van der Waals surface area contributed by atoms with E-state index in [1.54, 1.807) is 11.3 Å². The second-order valence-corrected chi connectivity index (χ2v) is 6.02. The van der Waals surface area contributed by atoms with Gasteiger partial charge in [0.1, 0.15) is 11.7 Å². The van der Waals surface area contributed by atoms with Gasteiger partial charge in [-0.1, -0.05) is 12.8 Å². The molecular weight excluding hydrogens is 220 g/mol. The molecule has 4 atom stereocenters. The third kappa shape index (κ3) is 0.986. The zero-order valence-electron chi connectivity index (χ0n) is 9.02. The maximum atomic E-state index is 12.3. The number of epoxide rings is 1. The minimum Gasteiger partial charge on any atom is -0.357 e. The van der Waals surface area contributed by atoms with Crippen molar-refractivity contribution >= 4 is 17.1 Å². The van der Waals surface area contributed by atoms with Crippen molar-refractivity contribution in [3.8, 4) is 0 Å². The molecule has 0 N–H and O–H groups in total. The van der Waals surface area contributed by atoms with Crippen LogP contribution in [0.3, 0.4) is 0 Å². The van der Waals surface area contributed by atoms with Crippen LogP contribution in [0, 0.1) is 5.92 Å².